The zero-order valence-electron chi connectivity index (χ0n) is 24.6. The Bertz CT molecular complexity index is 1530. The van der Waals surface area contributed by atoms with Crippen LogP contribution in [0.3, 0.4) is 0 Å². The van der Waals surface area contributed by atoms with Crippen LogP contribution in [0.4, 0.5) is 0 Å². The van der Waals surface area contributed by atoms with E-state index in [9.17, 15) is 0 Å². The summed E-state index contributed by atoms with van der Waals surface area (Å²) in [6, 6.07) is 19.1. The fourth-order valence-electron chi connectivity index (χ4n) is 10.4. The predicted octanol–water partition coefficient (Wildman–Crippen LogP) is 4.25. The van der Waals surface area contributed by atoms with Crippen molar-refractivity contribution in [3.8, 4) is 11.1 Å². The van der Waals surface area contributed by atoms with Crippen LogP contribution in [0.1, 0.15) is 88.7 Å². The Morgan fingerprint density at radius 2 is 1.46 bits per heavy atom. The topological polar surface area (TPSA) is 0 Å². The second-order valence-electron chi connectivity index (χ2n) is 14.3. The summed E-state index contributed by atoms with van der Waals surface area (Å²) in [6.45, 7) is 9.63. The van der Waals surface area contributed by atoms with Crippen molar-refractivity contribution in [3.63, 3.8) is 0 Å². The summed E-state index contributed by atoms with van der Waals surface area (Å²) in [6.07, 6.45) is 11.4. The normalized spacial score (nSPS) is 32.1. The van der Waals surface area contributed by atoms with E-state index in [1.165, 1.54) is 66.4 Å². The van der Waals surface area contributed by atoms with Crippen LogP contribution in [0.25, 0.3) is 22.4 Å². The van der Waals surface area contributed by atoms with E-state index in [1.54, 1.807) is 51.5 Å². The van der Waals surface area contributed by atoms with Crippen LogP contribution in [0.2, 0.25) is 13.1 Å². The molecule has 211 valence electrons. The summed E-state index contributed by atoms with van der Waals surface area (Å²) >= 11 is 3.55. The maximum Gasteiger partial charge on any atom is -1.00 e. The number of benzene rings is 2. The molecule has 0 nitrogen and oxygen atoms in total. The van der Waals surface area contributed by atoms with E-state index in [0.717, 1.165) is 23.3 Å². The van der Waals surface area contributed by atoms with Gasteiger partial charge in [0.05, 0.1) is 8.07 Å². The molecule has 41 heavy (non-hydrogen) atoms. The Balaban J connectivity index is 0.000000182. The smallest absolute Gasteiger partial charge is 1.00 e. The molecule has 2 aromatic carbocycles. The molecule has 0 saturated heterocycles. The fraction of sp³-hybridized carbons (Fsp3) is 0.444. The molecule has 3 aromatic rings. The average molecular weight is 694 g/mol. The monoisotopic (exact) mass is 691 g/mol. The SMILES string of the molecule is CC1=C2c3sccc3C1[Si]2(C)C.CC1=Cc2c(-c3ccc(C45CC6CC(CC(C6)C4)C5)cc3)cccc2[CH]1[Zr+2].[Cl-].[Cl-]. The first-order valence-electron chi connectivity index (χ1n) is 15.2. The zero-order chi connectivity index (χ0) is 26.7. The van der Waals surface area contributed by atoms with Crippen LogP contribution >= 0.6 is 11.3 Å². The first kappa shape index (κ1) is 30.3. The average Bonchev–Trinajstić information content (AvgIpc) is 3.60. The quantitative estimate of drug-likeness (QED) is 0.353. The second-order valence-corrected chi connectivity index (χ2v) is 21.2. The number of hydrogen-bond acceptors (Lipinski definition) is 1. The van der Waals surface area contributed by atoms with Gasteiger partial charge in [-0.05, 0) is 29.1 Å². The summed E-state index contributed by atoms with van der Waals surface area (Å²) in [7, 11) is -0.972. The summed E-state index contributed by atoms with van der Waals surface area (Å²) in [5.41, 5.74) is 13.7. The summed E-state index contributed by atoms with van der Waals surface area (Å²) < 4.78 is 0.651. The third kappa shape index (κ3) is 4.49. The third-order valence-corrected chi connectivity index (χ3v) is 18.7. The Kier molecular flexibility index (Phi) is 7.94. The van der Waals surface area contributed by atoms with E-state index in [4.69, 9.17) is 0 Å². The van der Waals surface area contributed by atoms with Gasteiger partial charge in [0.15, 0.2) is 0 Å². The van der Waals surface area contributed by atoms with Crippen molar-refractivity contribution in [1.82, 2.24) is 0 Å². The van der Waals surface area contributed by atoms with E-state index >= 15 is 0 Å². The van der Waals surface area contributed by atoms with Gasteiger partial charge in [0, 0.05) is 10.4 Å². The van der Waals surface area contributed by atoms with Crippen molar-refractivity contribution >= 4 is 30.7 Å². The van der Waals surface area contributed by atoms with Crippen LogP contribution in [0.5, 0.6) is 0 Å². The molecule has 4 fully saturated rings. The number of rotatable bonds is 2. The molecule has 8 aliphatic rings. The van der Waals surface area contributed by atoms with Gasteiger partial charge in [-0.2, -0.15) is 0 Å². The zero-order valence-corrected chi connectivity index (χ0v) is 30.4. The van der Waals surface area contributed by atoms with Gasteiger partial charge in [0.25, 0.3) is 0 Å². The van der Waals surface area contributed by atoms with Crippen molar-refractivity contribution in [3.05, 3.63) is 92.2 Å². The van der Waals surface area contributed by atoms with Gasteiger partial charge in [-0.3, -0.25) is 0 Å². The molecule has 11 rings (SSSR count). The van der Waals surface area contributed by atoms with E-state index < -0.39 is 8.07 Å². The molecule has 5 heteroatoms. The van der Waals surface area contributed by atoms with Crippen LogP contribution in [-0.4, -0.2) is 8.07 Å². The number of fused-ring (bicyclic) bond motifs is 1. The molecular weight excluding hydrogens is 655 g/mol. The van der Waals surface area contributed by atoms with Gasteiger partial charge >= 0.3 is 179 Å². The van der Waals surface area contributed by atoms with Crippen molar-refractivity contribution in [2.24, 2.45) is 17.8 Å². The van der Waals surface area contributed by atoms with E-state index in [2.05, 4.69) is 86.9 Å². The van der Waals surface area contributed by atoms with Crippen molar-refractivity contribution in [2.45, 2.75) is 80.0 Å². The number of allylic oxidation sites excluding steroid dienone is 2. The number of halogens is 2. The molecule has 3 heterocycles. The number of hydrogen-bond donors (Lipinski definition) is 0. The summed E-state index contributed by atoms with van der Waals surface area (Å²) in [5.74, 6) is 3.06. The predicted molar refractivity (Wildman–Crippen MR) is 165 cm³/mol. The van der Waals surface area contributed by atoms with Crippen molar-refractivity contribution in [2.75, 3.05) is 0 Å². The third-order valence-electron chi connectivity index (χ3n) is 11.6. The van der Waals surface area contributed by atoms with E-state index in [1.807, 2.05) is 11.3 Å². The minimum atomic E-state index is -0.972. The van der Waals surface area contributed by atoms with Gasteiger partial charge in [0.1, 0.15) is 0 Å². The first-order chi connectivity index (χ1) is 18.7. The van der Waals surface area contributed by atoms with Crippen LogP contribution in [-0.2, 0) is 30.1 Å². The first-order valence-corrected chi connectivity index (χ1v) is 20.5. The fourth-order valence-corrected chi connectivity index (χ4v) is 17.4. The maximum atomic E-state index is 2.51. The summed E-state index contributed by atoms with van der Waals surface area (Å²) in [4.78, 5) is 1.63. The largest absolute Gasteiger partial charge is 1.00 e. The second kappa shape index (κ2) is 10.7. The van der Waals surface area contributed by atoms with Crippen molar-refractivity contribution < 1.29 is 49.5 Å². The Morgan fingerprint density at radius 1 is 0.829 bits per heavy atom. The van der Waals surface area contributed by atoms with Gasteiger partial charge in [0.2, 0.25) is 0 Å². The number of thiophene rings is 1. The Hall–Kier alpha value is -0.700. The van der Waals surface area contributed by atoms with Crippen LogP contribution in [0.15, 0.2) is 65.1 Å². The van der Waals surface area contributed by atoms with Gasteiger partial charge < -0.3 is 24.8 Å². The molecule has 0 radical (unpaired) electrons. The van der Waals surface area contributed by atoms with Crippen LogP contribution < -0.4 is 24.8 Å². The van der Waals surface area contributed by atoms with Crippen LogP contribution in [0, 0.1) is 17.8 Å². The molecule has 2 aliphatic heterocycles. The van der Waals surface area contributed by atoms with Crippen molar-refractivity contribution in [1.29, 1.82) is 0 Å². The Morgan fingerprint density at radius 3 is 2.05 bits per heavy atom. The molecule has 4 saturated carbocycles. The Labute approximate surface area is 279 Å². The molecule has 0 amide bonds. The molecule has 2 unspecified atom stereocenters. The molecular formula is C36H39Cl2SSiZr. The molecule has 6 bridgehead atoms. The van der Waals surface area contributed by atoms with E-state index in [-0.39, 0.29) is 24.8 Å². The van der Waals surface area contributed by atoms with E-state index in [0.29, 0.717) is 9.04 Å². The van der Waals surface area contributed by atoms with Gasteiger partial charge in [-0.1, -0.05) is 18.7 Å². The van der Waals surface area contributed by atoms with Gasteiger partial charge in [-0.15, -0.1) is 11.3 Å². The standard InChI is InChI=1S/C26H27.C10H12SSi.2ClH.Zr/c1-17-9-22-3-2-4-24(25(22)10-17)21-5-7-23(8-6-21)26-14-18-11-19(15-26)13-20(12-18)16-26;1-6-9-7-4-5-11-8(7)10(6)12(9,2)3;;;/h2-10,18-20H,11-16H2,1H3;4-5,9H,1-3H3;2*1H;/q;;;;+2/p-2. The molecule has 1 aromatic heterocycles. The maximum absolute atomic E-state index is 2.51. The summed E-state index contributed by atoms with van der Waals surface area (Å²) in [5, 5.41) is 4.02. The molecule has 0 spiro atoms. The van der Waals surface area contributed by atoms with Gasteiger partial charge in [-0.25, -0.2) is 0 Å². The minimum absolute atomic E-state index is 0. The molecule has 0 N–H and O–H groups in total. The minimum Gasteiger partial charge on any atom is -1.00 e. The molecule has 2 atom stereocenters. The molecule has 6 aliphatic carbocycles.